The zero-order valence-corrected chi connectivity index (χ0v) is 14.1. The van der Waals surface area contributed by atoms with Gasteiger partial charge in [-0.2, -0.15) is 14.9 Å². The zero-order valence-electron chi connectivity index (χ0n) is 13.2. The average molecular weight is 360 g/mol. The minimum Gasteiger partial charge on any atom is -0.493 e. The molecule has 1 N–H and O–H groups in total. The van der Waals surface area contributed by atoms with Crippen LogP contribution in [0.3, 0.4) is 0 Å². The van der Waals surface area contributed by atoms with Gasteiger partial charge in [-0.3, -0.25) is 0 Å². The minimum atomic E-state index is -0.713. The summed E-state index contributed by atoms with van der Waals surface area (Å²) >= 11 is 5.19. The third kappa shape index (κ3) is 3.63. The van der Waals surface area contributed by atoms with Crippen LogP contribution < -0.4 is 4.74 Å². The van der Waals surface area contributed by atoms with Gasteiger partial charge >= 0.3 is 0 Å². The van der Waals surface area contributed by atoms with E-state index < -0.39 is 11.6 Å². The summed E-state index contributed by atoms with van der Waals surface area (Å²) in [6, 6.07) is 10.6. The first-order valence-electron chi connectivity index (χ1n) is 7.49. The van der Waals surface area contributed by atoms with E-state index in [-0.39, 0.29) is 10.3 Å². The standard InChI is InChI=1S/C17H14F2N4OS/c1-2-24-15-6-4-3-5-13(15)16-21-22-17(25)23(16)20-10-11-7-8-12(18)9-14(11)19/h3-10H,2H2,1H3,(H,22,25)/b20-10-. The van der Waals surface area contributed by atoms with Crippen molar-refractivity contribution < 1.29 is 13.5 Å². The van der Waals surface area contributed by atoms with Crippen LogP contribution in [0.5, 0.6) is 5.75 Å². The first-order valence-corrected chi connectivity index (χ1v) is 7.90. The van der Waals surface area contributed by atoms with Crippen molar-refractivity contribution in [1.29, 1.82) is 0 Å². The molecule has 0 aliphatic carbocycles. The molecule has 3 rings (SSSR count). The third-order valence-electron chi connectivity index (χ3n) is 3.35. The van der Waals surface area contributed by atoms with Crippen LogP contribution in [-0.2, 0) is 0 Å². The van der Waals surface area contributed by atoms with Crippen LogP contribution in [0.1, 0.15) is 12.5 Å². The molecule has 0 saturated carbocycles. The number of benzene rings is 2. The lowest BCUT2D eigenvalue weighted by Gasteiger charge is -2.08. The van der Waals surface area contributed by atoms with Gasteiger partial charge in [0.1, 0.15) is 17.4 Å². The molecule has 0 spiro atoms. The summed E-state index contributed by atoms with van der Waals surface area (Å²) < 4.78 is 33.9. The van der Waals surface area contributed by atoms with Crippen molar-refractivity contribution in [2.75, 3.05) is 6.61 Å². The Kier molecular flexibility index (Phi) is 4.99. The number of rotatable bonds is 5. The Morgan fingerprint density at radius 1 is 1.28 bits per heavy atom. The Bertz CT molecular complexity index is 981. The highest BCUT2D eigenvalue weighted by molar-refractivity contribution is 7.71. The molecular formula is C17H14F2N4OS. The van der Waals surface area contributed by atoms with E-state index in [9.17, 15) is 8.78 Å². The molecule has 0 amide bonds. The molecular weight excluding hydrogens is 346 g/mol. The van der Waals surface area contributed by atoms with E-state index in [1.165, 1.54) is 17.0 Å². The molecule has 1 heterocycles. The van der Waals surface area contributed by atoms with E-state index in [1.807, 2.05) is 31.2 Å². The van der Waals surface area contributed by atoms with Crippen LogP contribution in [0.25, 0.3) is 11.4 Å². The Balaban J connectivity index is 2.03. The van der Waals surface area contributed by atoms with Crippen LogP contribution in [-0.4, -0.2) is 27.7 Å². The lowest BCUT2D eigenvalue weighted by atomic mass is 10.2. The Hall–Kier alpha value is -2.87. The van der Waals surface area contributed by atoms with Crippen molar-refractivity contribution >= 4 is 18.4 Å². The molecule has 0 atom stereocenters. The van der Waals surface area contributed by atoms with Gasteiger partial charge in [0.2, 0.25) is 4.77 Å². The summed E-state index contributed by atoms with van der Waals surface area (Å²) in [7, 11) is 0. The number of ether oxygens (including phenoxy) is 1. The molecule has 0 aliphatic rings. The van der Waals surface area contributed by atoms with Crippen LogP contribution in [0.15, 0.2) is 47.6 Å². The Morgan fingerprint density at radius 3 is 2.84 bits per heavy atom. The zero-order chi connectivity index (χ0) is 17.8. The highest BCUT2D eigenvalue weighted by atomic mass is 32.1. The second kappa shape index (κ2) is 7.35. The number of hydrogen-bond acceptors (Lipinski definition) is 4. The summed E-state index contributed by atoms with van der Waals surface area (Å²) in [5.41, 5.74) is 0.821. The van der Waals surface area contributed by atoms with E-state index in [2.05, 4.69) is 15.3 Å². The second-order valence-electron chi connectivity index (χ2n) is 5.00. The van der Waals surface area contributed by atoms with Crippen molar-refractivity contribution in [3.8, 4) is 17.1 Å². The summed E-state index contributed by atoms with van der Waals surface area (Å²) in [6.07, 6.45) is 1.26. The molecule has 0 aliphatic heterocycles. The monoisotopic (exact) mass is 360 g/mol. The van der Waals surface area contributed by atoms with Gasteiger partial charge < -0.3 is 4.74 Å². The molecule has 25 heavy (non-hydrogen) atoms. The molecule has 0 fully saturated rings. The highest BCUT2D eigenvalue weighted by Gasteiger charge is 2.13. The Morgan fingerprint density at radius 2 is 2.08 bits per heavy atom. The number of nitrogens with one attached hydrogen (secondary N) is 1. The van der Waals surface area contributed by atoms with Gasteiger partial charge in [-0.1, -0.05) is 12.1 Å². The van der Waals surface area contributed by atoms with Crippen molar-refractivity contribution in [2.45, 2.75) is 6.92 Å². The van der Waals surface area contributed by atoms with E-state index in [0.717, 1.165) is 12.1 Å². The first kappa shape index (κ1) is 17.0. The van der Waals surface area contributed by atoms with E-state index in [4.69, 9.17) is 17.0 Å². The van der Waals surface area contributed by atoms with Gasteiger partial charge in [0.05, 0.1) is 18.4 Å². The molecule has 0 bridgehead atoms. The quantitative estimate of drug-likeness (QED) is 0.549. The summed E-state index contributed by atoms with van der Waals surface area (Å²) in [5.74, 6) is -0.313. The lowest BCUT2D eigenvalue weighted by Crippen LogP contribution is -1.99. The molecule has 3 aromatic rings. The second-order valence-corrected chi connectivity index (χ2v) is 5.39. The van der Waals surface area contributed by atoms with Gasteiger partial charge in [0.15, 0.2) is 5.82 Å². The molecule has 0 radical (unpaired) electrons. The maximum atomic E-state index is 13.8. The van der Waals surface area contributed by atoms with Crippen LogP contribution in [0.4, 0.5) is 8.78 Å². The largest absolute Gasteiger partial charge is 0.493 e. The maximum absolute atomic E-state index is 13.8. The number of para-hydroxylation sites is 1. The minimum absolute atomic E-state index is 0.133. The average Bonchev–Trinajstić information content (AvgIpc) is 2.96. The number of nitrogens with zero attached hydrogens (tertiary/aromatic N) is 3. The SMILES string of the molecule is CCOc1ccccc1-c1n[nH]c(=S)n1/N=C\c1ccc(F)cc1F. The van der Waals surface area contributed by atoms with Crippen LogP contribution in [0, 0.1) is 16.4 Å². The van der Waals surface area contributed by atoms with Crippen molar-refractivity contribution in [2.24, 2.45) is 5.10 Å². The normalized spacial score (nSPS) is 11.2. The van der Waals surface area contributed by atoms with Gasteiger partial charge in [0, 0.05) is 11.6 Å². The summed E-state index contributed by atoms with van der Waals surface area (Å²) in [5, 5.41) is 11.0. The number of aromatic nitrogens is 3. The maximum Gasteiger partial charge on any atom is 0.216 e. The fourth-order valence-electron chi connectivity index (χ4n) is 2.23. The first-order chi connectivity index (χ1) is 12.1. The lowest BCUT2D eigenvalue weighted by molar-refractivity contribution is 0.341. The van der Waals surface area contributed by atoms with E-state index in [1.54, 1.807) is 0 Å². The van der Waals surface area contributed by atoms with Crippen molar-refractivity contribution in [1.82, 2.24) is 14.9 Å². The highest BCUT2D eigenvalue weighted by Crippen LogP contribution is 2.28. The molecule has 128 valence electrons. The predicted octanol–water partition coefficient (Wildman–Crippen LogP) is 4.17. The molecule has 0 saturated heterocycles. The topological polar surface area (TPSA) is 55.2 Å². The van der Waals surface area contributed by atoms with Crippen molar-refractivity contribution in [3.63, 3.8) is 0 Å². The van der Waals surface area contributed by atoms with E-state index in [0.29, 0.717) is 23.7 Å². The number of hydrogen-bond donors (Lipinski definition) is 1. The van der Waals surface area contributed by atoms with Gasteiger partial charge in [0.25, 0.3) is 0 Å². The molecule has 1 aromatic heterocycles. The van der Waals surface area contributed by atoms with Gasteiger partial charge in [-0.25, -0.2) is 13.9 Å². The molecule has 5 nitrogen and oxygen atoms in total. The number of H-pyrrole nitrogens is 1. The van der Waals surface area contributed by atoms with Crippen LogP contribution in [0.2, 0.25) is 0 Å². The molecule has 8 heteroatoms. The molecule has 2 aromatic carbocycles. The van der Waals surface area contributed by atoms with Gasteiger partial charge in [-0.15, -0.1) is 0 Å². The summed E-state index contributed by atoms with van der Waals surface area (Å²) in [4.78, 5) is 0. The number of aromatic amines is 1. The fraction of sp³-hybridized carbons (Fsp3) is 0.118. The molecule has 0 unspecified atom stereocenters. The third-order valence-corrected chi connectivity index (χ3v) is 3.62. The number of halogens is 2. The van der Waals surface area contributed by atoms with Crippen LogP contribution >= 0.6 is 12.2 Å². The smallest absolute Gasteiger partial charge is 0.216 e. The van der Waals surface area contributed by atoms with E-state index >= 15 is 0 Å². The van der Waals surface area contributed by atoms with Gasteiger partial charge in [-0.05, 0) is 43.4 Å². The summed E-state index contributed by atoms with van der Waals surface area (Å²) in [6.45, 7) is 2.37. The van der Waals surface area contributed by atoms with Crippen molar-refractivity contribution in [3.05, 3.63) is 64.4 Å². The fourth-order valence-corrected chi connectivity index (χ4v) is 2.41. The predicted molar refractivity (Wildman–Crippen MR) is 93.4 cm³/mol. The Labute approximate surface area is 147 Å².